The van der Waals surface area contributed by atoms with E-state index in [0.29, 0.717) is 34.9 Å². The van der Waals surface area contributed by atoms with Gasteiger partial charge in [-0.15, -0.1) is 0 Å². The number of hydrogen-bond donors (Lipinski definition) is 2. The average molecular weight is 369 g/mol. The Morgan fingerprint density at radius 1 is 1.04 bits per heavy atom. The van der Waals surface area contributed by atoms with Crippen LogP contribution in [0.2, 0.25) is 0 Å². The second-order valence-electron chi connectivity index (χ2n) is 9.71. The third-order valence-electron chi connectivity index (χ3n) is 8.71. The molecular formula is C19H32N2O3S. The Bertz CT molecular complexity index is 678. The van der Waals surface area contributed by atoms with Crippen LogP contribution in [0.15, 0.2) is 0 Å². The van der Waals surface area contributed by atoms with Crippen LogP contribution in [0.3, 0.4) is 0 Å². The van der Waals surface area contributed by atoms with E-state index < -0.39 is 10.2 Å². The van der Waals surface area contributed by atoms with E-state index in [1.165, 1.54) is 19.3 Å². The summed E-state index contributed by atoms with van der Waals surface area (Å²) in [6.45, 7) is 4.67. The van der Waals surface area contributed by atoms with Gasteiger partial charge in [-0.05, 0) is 80.5 Å². The molecule has 0 aromatic carbocycles. The zero-order valence-corrected chi connectivity index (χ0v) is 16.3. The van der Waals surface area contributed by atoms with Gasteiger partial charge in [0, 0.05) is 17.9 Å². The van der Waals surface area contributed by atoms with Crippen molar-refractivity contribution in [3.05, 3.63) is 0 Å². The Hall–Kier alpha value is -0.460. The van der Waals surface area contributed by atoms with Crippen LogP contribution >= 0.6 is 0 Å². The third kappa shape index (κ3) is 2.79. The van der Waals surface area contributed by atoms with Crippen LogP contribution in [0, 0.1) is 34.5 Å². The molecule has 3 N–H and O–H groups in total. The molecule has 0 saturated heterocycles. The monoisotopic (exact) mass is 368 g/mol. The summed E-state index contributed by atoms with van der Waals surface area (Å²) in [6, 6.07) is -0.00783. The van der Waals surface area contributed by atoms with E-state index in [1.54, 1.807) is 0 Å². The fourth-order valence-corrected chi connectivity index (χ4v) is 8.05. The van der Waals surface area contributed by atoms with Crippen molar-refractivity contribution >= 4 is 16.0 Å². The number of fused-ring (bicyclic) bond motifs is 5. The van der Waals surface area contributed by atoms with Crippen LogP contribution < -0.4 is 9.86 Å². The number of carbonyl (C=O) groups is 1. The van der Waals surface area contributed by atoms with Gasteiger partial charge in [-0.25, -0.2) is 5.14 Å². The molecule has 0 amide bonds. The van der Waals surface area contributed by atoms with Crippen molar-refractivity contribution in [1.29, 1.82) is 0 Å². The number of Topliss-reactive ketones (excluding diaryl/α,β-unsaturated/α-hetero) is 1. The molecule has 4 aliphatic rings. The second kappa shape index (κ2) is 5.77. The molecule has 0 unspecified atom stereocenters. The maximum absolute atomic E-state index is 12.5. The van der Waals surface area contributed by atoms with Crippen molar-refractivity contribution in [3.8, 4) is 0 Å². The first-order chi connectivity index (χ1) is 11.6. The Kier molecular flexibility index (Phi) is 4.14. The predicted octanol–water partition coefficient (Wildman–Crippen LogP) is 2.76. The van der Waals surface area contributed by atoms with Crippen molar-refractivity contribution in [1.82, 2.24) is 4.72 Å². The highest BCUT2D eigenvalue weighted by molar-refractivity contribution is 7.87. The lowest BCUT2D eigenvalue weighted by atomic mass is 9.45. The maximum Gasteiger partial charge on any atom is 0.274 e. The molecule has 4 rings (SSSR count). The molecule has 4 aliphatic carbocycles. The number of nitrogens with one attached hydrogen (secondary N) is 1. The van der Waals surface area contributed by atoms with Crippen LogP contribution in [0.4, 0.5) is 0 Å². The van der Waals surface area contributed by atoms with Gasteiger partial charge in [0.2, 0.25) is 0 Å². The largest absolute Gasteiger partial charge is 0.299 e. The quantitative estimate of drug-likeness (QED) is 0.785. The van der Waals surface area contributed by atoms with Crippen molar-refractivity contribution in [2.45, 2.75) is 77.7 Å². The smallest absolute Gasteiger partial charge is 0.274 e. The summed E-state index contributed by atoms with van der Waals surface area (Å²) in [5.41, 5.74) is 0.239. The molecule has 0 bridgehead atoms. The number of nitrogens with two attached hydrogens (primary N) is 1. The van der Waals surface area contributed by atoms with Crippen LogP contribution in [-0.4, -0.2) is 20.2 Å². The van der Waals surface area contributed by atoms with Gasteiger partial charge in [0.25, 0.3) is 10.2 Å². The average Bonchev–Trinajstić information content (AvgIpc) is 2.82. The summed E-state index contributed by atoms with van der Waals surface area (Å²) in [4.78, 5) is 12.5. The summed E-state index contributed by atoms with van der Waals surface area (Å²) < 4.78 is 25.4. The normalized spacial score (nSPS) is 50.0. The molecule has 0 radical (unpaired) electrons. The van der Waals surface area contributed by atoms with Crippen molar-refractivity contribution in [2.24, 2.45) is 39.6 Å². The van der Waals surface area contributed by atoms with Gasteiger partial charge < -0.3 is 0 Å². The summed E-state index contributed by atoms with van der Waals surface area (Å²) in [7, 11) is -3.62. The lowest BCUT2D eigenvalue weighted by molar-refractivity contribution is -0.139. The first-order valence-corrected chi connectivity index (χ1v) is 11.5. The van der Waals surface area contributed by atoms with Gasteiger partial charge in [0.1, 0.15) is 5.78 Å². The number of hydrogen-bond acceptors (Lipinski definition) is 3. The molecule has 0 heterocycles. The van der Waals surface area contributed by atoms with Gasteiger partial charge in [-0.2, -0.15) is 13.1 Å². The summed E-state index contributed by atoms with van der Waals surface area (Å²) in [6.07, 6.45) is 9.34. The van der Waals surface area contributed by atoms with E-state index in [9.17, 15) is 13.2 Å². The Morgan fingerprint density at radius 2 is 1.80 bits per heavy atom. The maximum atomic E-state index is 12.5. The molecular weight excluding hydrogens is 336 g/mol. The third-order valence-corrected chi connectivity index (χ3v) is 9.37. The lowest BCUT2D eigenvalue weighted by Gasteiger charge is -2.60. The Morgan fingerprint density at radius 3 is 2.52 bits per heavy atom. The van der Waals surface area contributed by atoms with E-state index in [-0.39, 0.29) is 11.5 Å². The minimum absolute atomic E-state index is 0.00783. The fourth-order valence-electron chi connectivity index (χ4n) is 7.37. The molecule has 6 heteroatoms. The van der Waals surface area contributed by atoms with Crippen molar-refractivity contribution in [3.63, 3.8) is 0 Å². The lowest BCUT2D eigenvalue weighted by Crippen LogP contribution is -2.55. The number of carbonyl (C=O) groups excluding carboxylic acids is 1. The first kappa shape index (κ1) is 17.9. The van der Waals surface area contributed by atoms with E-state index >= 15 is 0 Å². The topological polar surface area (TPSA) is 89.3 Å². The van der Waals surface area contributed by atoms with E-state index in [1.807, 2.05) is 0 Å². The van der Waals surface area contributed by atoms with E-state index in [2.05, 4.69) is 18.6 Å². The SMILES string of the molecule is C[C@]12CC[C@H](NS(N)(=O)=O)C[C@H]1CC[C@@H]1[C@@H]2CC[C@]2(C)C(=O)CC[C@@H]12. The molecule has 0 spiro atoms. The molecule has 7 atom stereocenters. The van der Waals surface area contributed by atoms with Crippen molar-refractivity contribution < 1.29 is 13.2 Å². The first-order valence-electron chi connectivity index (χ1n) is 9.97. The van der Waals surface area contributed by atoms with Crippen LogP contribution in [0.5, 0.6) is 0 Å². The standard InChI is InChI=1S/C19H32N2O3S/c1-18-9-7-13(21-25(20,23)24)11-12(18)3-4-14-15-5-6-17(22)19(15,2)10-8-16(14)18/h12-16,21H,3-11H2,1-2H3,(H2,20,23,24)/t12-,13+,14+,15+,16+,18+,19+/m1/s1. The Labute approximate surface area is 151 Å². The van der Waals surface area contributed by atoms with Gasteiger partial charge >= 0.3 is 0 Å². The minimum Gasteiger partial charge on any atom is -0.299 e. The van der Waals surface area contributed by atoms with Gasteiger partial charge in [0.05, 0.1) is 0 Å². The summed E-state index contributed by atoms with van der Waals surface area (Å²) >= 11 is 0. The van der Waals surface area contributed by atoms with Crippen molar-refractivity contribution in [2.75, 3.05) is 0 Å². The summed E-state index contributed by atoms with van der Waals surface area (Å²) in [5, 5.41) is 5.19. The highest BCUT2D eigenvalue weighted by Crippen LogP contribution is 2.65. The molecule has 0 aliphatic heterocycles. The predicted molar refractivity (Wildman–Crippen MR) is 96.8 cm³/mol. The van der Waals surface area contributed by atoms with Gasteiger partial charge in [-0.3, -0.25) is 4.79 Å². The minimum atomic E-state index is -3.62. The molecule has 4 fully saturated rings. The zero-order valence-electron chi connectivity index (χ0n) is 15.5. The molecule has 0 aromatic heterocycles. The molecule has 4 saturated carbocycles. The van der Waals surface area contributed by atoms with Crippen LogP contribution in [0.1, 0.15) is 71.6 Å². The molecule has 5 nitrogen and oxygen atoms in total. The highest BCUT2D eigenvalue weighted by atomic mass is 32.2. The van der Waals surface area contributed by atoms with E-state index in [4.69, 9.17) is 5.14 Å². The van der Waals surface area contributed by atoms with Crippen LogP contribution in [0.25, 0.3) is 0 Å². The van der Waals surface area contributed by atoms with Gasteiger partial charge in [0.15, 0.2) is 0 Å². The fraction of sp³-hybridized carbons (Fsp3) is 0.947. The van der Waals surface area contributed by atoms with Crippen LogP contribution in [-0.2, 0) is 15.0 Å². The highest BCUT2D eigenvalue weighted by Gasteiger charge is 2.60. The number of rotatable bonds is 2. The molecule has 142 valence electrons. The zero-order chi connectivity index (χ0) is 18.0. The molecule has 25 heavy (non-hydrogen) atoms. The number of ketones is 1. The van der Waals surface area contributed by atoms with Gasteiger partial charge in [-0.1, -0.05) is 13.8 Å². The Balaban J connectivity index is 1.54. The summed E-state index contributed by atoms with van der Waals surface area (Å²) in [5.74, 6) is 3.05. The molecule has 0 aromatic rings. The second-order valence-corrected chi connectivity index (χ2v) is 11.0. The van der Waals surface area contributed by atoms with E-state index in [0.717, 1.165) is 38.5 Å².